The molecule has 1 atom stereocenters. The summed E-state index contributed by atoms with van der Waals surface area (Å²) in [7, 11) is 0. The highest BCUT2D eigenvalue weighted by Gasteiger charge is 2.13. The summed E-state index contributed by atoms with van der Waals surface area (Å²) < 4.78 is 0. The maximum atomic E-state index is 11.4. The maximum Gasteiger partial charge on any atom is 0.242 e. The molecule has 1 unspecified atom stereocenters. The lowest BCUT2D eigenvalue weighted by Gasteiger charge is -2.08. The van der Waals surface area contributed by atoms with Gasteiger partial charge in [0.25, 0.3) is 0 Å². The first-order valence-electron chi connectivity index (χ1n) is 4.32. The Morgan fingerprint density at radius 3 is 3.14 bits per heavy atom. The number of nitrogens with zero attached hydrogens (tertiary/aromatic N) is 1. The van der Waals surface area contributed by atoms with E-state index in [1.54, 1.807) is 12.3 Å². The van der Waals surface area contributed by atoms with Gasteiger partial charge in [0.05, 0.1) is 12.2 Å². The zero-order valence-electron chi connectivity index (χ0n) is 8.08. The fourth-order valence-electron chi connectivity index (χ4n) is 0.975. The van der Waals surface area contributed by atoms with Gasteiger partial charge in [0.1, 0.15) is 5.82 Å². The molecule has 1 aromatic heterocycles. The van der Waals surface area contributed by atoms with E-state index < -0.39 is 6.04 Å². The van der Waals surface area contributed by atoms with E-state index in [1.165, 1.54) is 0 Å². The number of rotatable bonds is 4. The molecule has 1 rings (SSSR count). The van der Waals surface area contributed by atoms with Crippen molar-refractivity contribution in [3.8, 4) is 0 Å². The number of amides is 1. The molecule has 0 aliphatic heterocycles. The minimum absolute atomic E-state index is 0.239. The topological polar surface area (TPSA) is 83.8 Å². The van der Waals surface area contributed by atoms with Gasteiger partial charge < -0.3 is 11.1 Å². The van der Waals surface area contributed by atoms with Gasteiger partial charge in [0.15, 0.2) is 0 Å². The number of carbonyl (C=O) groups is 1. The molecule has 4 N–H and O–H groups in total. The summed E-state index contributed by atoms with van der Waals surface area (Å²) in [5, 5.41) is 9.09. The summed E-state index contributed by atoms with van der Waals surface area (Å²) in [5.41, 5.74) is 6.46. The standard InChI is InChI=1S/C9H14N4O/c1-3-4-7(10)9(14)12-8-6(2)5-11-13-8/h3,5,7H,1,4,10H2,2H3,(H2,11,12,13,14). The van der Waals surface area contributed by atoms with Crippen LogP contribution in [-0.4, -0.2) is 22.1 Å². The number of aromatic nitrogens is 2. The predicted molar refractivity (Wildman–Crippen MR) is 54.7 cm³/mol. The molecule has 1 aromatic rings. The highest BCUT2D eigenvalue weighted by Crippen LogP contribution is 2.08. The Labute approximate surface area is 82.4 Å². The summed E-state index contributed by atoms with van der Waals surface area (Å²) in [6, 6.07) is -0.560. The van der Waals surface area contributed by atoms with E-state index in [9.17, 15) is 4.79 Å². The van der Waals surface area contributed by atoms with Crippen molar-refractivity contribution >= 4 is 11.7 Å². The van der Waals surface area contributed by atoms with Crippen molar-refractivity contribution in [3.63, 3.8) is 0 Å². The number of anilines is 1. The van der Waals surface area contributed by atoms with Crippen LogP contribution in [0.1, 0.15) is 12.0 Å². The highest BCUT2D eigenvalue weighted by molar-refractivity contribution is 5.94. The van der Waals surface area contributed by atoms with E-state index in [2.05, 4.69) is 22.1 Å². The van der Waals surface area contributed by atoms with Crippen LogP contribution in [0, 0.1) is 6.92 Å². The molecule has 14 heavy (non-hydrogen) atoms. The van der Waals surface area contributed by atoms with Gasteiger partial charge in [-0.15, -0.1) is 6.58 Å². The Hall–Kier alpha value is -1.62. The van der Waals surface area contributed by atoms with Crippen molar-refractivity contribution in [2.24, 2.45) is 5.73 Å². The third-order valence-electron chi connectivity index (χ3n) is 1.83. The average Bonchev–Trinajstić information content (AvgIpc) is 2.52. The lowest BCUT2D eigenvalue weighted by molar-refractivity contribution is -0.117. The number of nitrogens with two attached hydrogens (primary N) is 1. The maximum absolute atomic E-state index is 11.4. The van der Waals surface area contributed by atoms with Crippen LogP contribution in [0.15, 0.2) is 18.9 Å². The van der Waals surface area contributed by atoms with E-state index in [4.69, 9.17) is 5.73 Å². The van der Waals surface area contributed by atoms with Crippen molar-refractivity contribution in [3.05, 3.63) is 24.4 Å². The Balaban J connectivity index is 2.57. The molecule has 0 saturated carbocycles. The second kappa shape index (κ2) is 4.57. The minimum atomic E-state index is -0.560. The smallest absolute Gasteiger partial charge is 0.242 e. The van der Waals surface area contributed by atoms with Crippen molar-refractivity contribution < 1.29 is 4.79 Å². The molecule has 76 valence electrons. The number of hydrogen-bond acceptors (Lipinski definition) is 3. The van der Waals surface area contributed by atoms with E-state index >= 15 is 0 Å². The SMILES string of the molecule is C=CCC(N)C(=O)Nc1[nH]ncc1C. The second-order valence-corrected chi connectivity index (χ2v) is 3.05. The summed E-state index contributed by atoms with van der Waals surface area (Å²) in [6.07, 6.45) is 3.71. The first-order chi connectivity index (χ1) is 6.65. The van der Waals surface area contributed by atoms with Crippen LogP contribution in [-0.2, 0) is 4.79 Å². The summed E-state index contributed by atoms with van der Waals surface area (Å²) >= 11 is 0. The van der Waals surface area contributed by atoms with E-state index in [-0.39, 0.29) is 5.91 Å². The van der Waals surface area contributed by atoms with Crippen LogP contribution in [0.5, 0.6) is 0 Å². The Morgan fingerprint density at radius 2 is 2.64 bits per heavy atom. The molecule has 0 spiro atoms. The third-order valence-corrected chi connectivity index (χ3v) is 1.83. The van der Waals surface area contributed by atoms with Gasteiger partial charge in [-0.3, -0.25) is 9.89 Å². The van der Waals surface area contributed by atoms with Crippen LogP contribution < -0.4 is 11.1 Å². The monoisotopic (exact) mass is 194 g/mol. The zero-order chi connectivity index (χ0) is 10.6. The van der Waals surface area contributed by atoms with Gasteiger partial charge in [-0.25, -0.2) is 0 Å². The molecule has 0 fully saturated rings. The van der Waals surface area contributed by atoms with E-state index in [0.717, 1.165) is 5.56 Å². The second-order valence-electron chi connectivity index (χ2n) is 3.05. The molecule has 0 bridgehead atoms. The van der Waals surface area contributed by atoms with Crippen LogP contribution in [0.4, 0.5) is 5.82 Å². The lowest BCUT2D eigenvalue weighted by atomic mass is 10.2. The molecule has 0 saturated heterocycles. The lowest BCUT2D eigenvalue weighted by Crippen LogP contribution is -2.35. The normalized spacial score (nSPS) is 12.1. The molecule has 5 nitrogen and oxygen atoms in total. The minimum Gasteiger partial charge on any atom is -0.320 e. The Bertz CT molecular complexity index is 331. The van der Waals surface area contributed by atoms with Crippen molar-refractivity contribution in [1.82, 2.24) is 10.2 Å². The number of nitrogens with one attached hydrogen (secondary N) is 2. The van der Waals surface area contributed by atoms with Crippen molar-refractivity contribution in [1.29, 1.82) is 0 Å². The van der Waals surface area contributed by atoms with E-state index in [0.29, 0.717) is 12.2 Å². The zero-order valence-corrected chi connectivity index (χ0v) is 8.08. The first-order valence-corrected chi connectivity index (χ1v) is 4.32. The fourth-order valence-corrected chi connectivity index (χ4v) is 0.975. The Morgan fingerprint density at radius 1 is 1.93 bits per heavy atom. The van der Waals surface area contributed by atoms with Crippen LogP contribution in [0.3, 0.4) is 0 Å². The van der Waals surface area contributed by atoms with Gasteiger partial charge in [-0.1, -0.05) is 6.08 Å². The van der Waals surface area contributed by atoms with Crippen LogP contribution in [0.2, 0.25) is 0 Å². The molecule has 0 radical (unpaired) electrons. The summed E-state index contributed by atoms with van der Waals surface area (Å²) in [5.74, 6) is 0.353. The van der Waals surface area contributed by atoms with Gasteiger partial charge in [-0.05, 0) is 13.3 Å². The summed E-state index contributed by atoms with van der Waals surface area (Å²) in [6.45, 7) is 5.36. The van der Waals surface area contributed by atoms with Gasteiger partial charge >= 0.3 is 0 Å². The summed E-state index contributed by atoms with van der Waals surface area (Å²) in [4.78, 5) is 11.4. The average molecular weight is 194 g/mol. The van der Waals surface area contributed by atoms with Gasteiger partial charge in [-0.2, -0.15) is 5.10 Å². The molecular formula is C9H14N4O. The predicted octanol–water partition coefficient (Wildman–Crippen LogP) is 0.560. The first kappa shape index (κ1) is 10.5. The van der Waals surface area contributed by atoms with E-state index in [1.807, 2.05) is 6.92 Å². The molecule has 1 amide bonds. The highest BCUT2D eigenvalue weighted by atomic mass is 16.2. The number of aromatic amines is 1. The molecule has 0 aliphatic rings. The van der Waals surface area contributed by atoms with Crippen LogP contribution in [0.25, 0.3) is 0 Å². The molecule has 0 aromatic carbocycles. The molecule has 1 heterocycles. The van der Waals surface area contributed by atoms with Crippen molar-refractivity contribution in [2.45, 2.75) is 19.4 Å². The van der Waals surface area contributed by atoms with Gasteiger partial charge in [0, 0.05) is 5.56 Å². The number of hydrogen-bond donors (Lipinski definition) is 3. The molecule has 5 heteroatoms. The third kappa shape index (κ3) is 2.43. The Kier molecular flexibility index (Phi) is 3.41. The number of carbonyl (C=O) groups excluding carboxylic acids is 1. The molecular weight excluding hydrogens is 180 g/mol. The van der Waals surface area contributed by atoms with Crippen molar-refractivity contribution in [2.75, 3.05) is 5.32 Å². The fraction of sp³-hybridized carbons (Fsp3) is 0.333. The van der Waals surface area contributed by atoms with Gasteiger partial charge in [0.2, 0.25) is 5.91 Å². The number of H-pyrrole nitrogens is 1. The molecule has 0 aliphatic carbocycles. The quantitative estimate of drug-likeness (QED) is 0.612. The largest absolute Gasteiger partial charge is 0.320 e. The van der Waals surface area contributed by atoms with Crippen LogP contribution >= 0.6 is 0 Å². The number of aryl methyl sites for hydroxylation is 1.